The molecule has 1 aromatic carbocycles. The lowest BCUT2D eigenvalue weighted by Gasteiger charge is -2.10. The minimum Gasteiger partial charge on any atom is -0.466 e. The first-order chi connectivity index (χ1) is 8.13. The van der Waals surface area contributed by atoms with Gasteiger partial charge in [-0.05, 0) is 30.5 Å². The van der Waals surface area contributed by atoms with Crippen molar-refractivity contribution < 1.29 is 9.53 Å². The second kappa shape index (κ2) is 6.31. The van der Waals surface area contributed by atoms with Crippen molar-refractivity contribution in [2.24, 2.45) is 0 Å². The largest absolute Gasteiger partial charge is 0.466 e. The van der Waals surface area contributed by atoms with Gasteiger partial charge in [0, 0.05) is 4.90 Å². The van der Waals surface area contributed by atoms with Gasteiger partial charge in [-0.25, -0.2) is 0 Å². The Hall–Kier alpha value is -1.47. The Balaban J connectivity index is 3.09. The van der Waals surface area contributed by atoms with Gasteiger partial charge in [0.05, 0.1) is 18.6 Å². The van der Waals surface area contributed by atoms with Gasteiger partial charge < -0.3 is 4.74 Å². The highest BCUT2D eigenvalue weighted by atomic mass is 32.1. The summed E-state index contributed by atoms with van der Waals surface area (Å²) in [6.45, 7) is 4.10. The molecule has 0 saturated carbocycles. The van der Waals surface area contributed by atoms with E-state index < -0.39 is 0 Å². The Morgan fingerprint density at radius 1 is 1.47 bits per heavy atom. The van der Waals surface area contributed by atoms with E-state index in [-0.39, 0.29) is 12.4 Å². The molecule has 0 amide bonds. The molecule has 1 rings (SSSR count). The number of ether oxygens (including phenoxy) is 1. The number of hydrogen-bond donors (Lipinski definition) is 1. The lowest BCUT2D eigenvalue weighted by Crippen LogP contribution is -2.10. The number of nitriles is 1. The number of esters is 1. The van der Waals surface area contributed by atoms with Gasteiger partial charge in [-0.1, -0.05) is 13.0 Å². The van der Waals surface area contributed by atoms with Crippen LogP contribution in [0.25, 0.3) is 0 Å². The van der Waals surface area contributed by atoms with E-state index in [1.807, 2.05) is 13.0 Å². The van der Waals surface area contributed by atoms with E-state index in [0.717, 1.165) is 11.1 Å². The fourth-order valence-corrected chi connectivity index (χ4v) is 2.00. The van der Waals surface area contributed by atoms with Crippen molar-refractivity contribution in [3.8, 4) is 6.07 Å². The Morgan fingerprint density at radius 2 is 2.18 bits per heavy atom. The number of thiol groups is 1. The van der Waals surface area contributed by atoms with Gasteiger partial charge in [0.2, 0.25) is 0 Å². The molecule has 0 bridgehead atoms. The van der Waals surface area contributed by atoms with Crippen LogP contribution in [0, 0.1) is 11.3 Å². The maximum Gasteiger partial charge on any atom is 0.310 e. The first-order valence-electron chi connectivity index (χ1n) is 5.53. The lowest BCUT2D eigenvalue weighted by atomic mass is 9.97. The molecule has 0 aliphatic carbocycles. The van der Waals surface area contributed by atoms with Crippen molar-refractivity contribution in [1.82, 2.24) is 0 Å². The van der Waals surface area contributed by atoms with E-state index in [0.29, 0.717) is 23.5 Å². The zero-order valence-electron chi connectivity index (χ0n) is 9.99. The number of nitrogens with zero attached hydrogens (tertiary/aromatic N) is 1. The molecule has 0 aromatic heterocycles. The Kier molecular flexibility index (Phi) is 5.05. The standard InChI is InChI=1S/C13H15NO2S/c1-3-10-9(7-13(15)16-4-2)5-6-12(17)11(10)8-14/h5-6,17H,3-4,7H2,1-2H3. The molecule has 0 atom stereocenters. The summed E-state index contributed by atoms with van der Waals surface area (Å²) < 4.78 is 4.91. The van der Waals surface area contributed by atoms with Crippen LogP contribution in [0.2, 0.25) is 0 Å². The van der Waals surface area contributed by atoms with Crippen LogP contribution in [0.5, 0.6) is 0 Å². The van der Waals surface area contributed by atoms with Gasteiger partial charge >= 0.3 is 5.97 Å². The number of carbonyl (C=O) groups excluding carboxylic acids is 1. The third kappa shape index (κ3) is 3.24. The summed E-state index contributed by atoms with van der Waals surface area (Å²) >= 11 is 4.24. The van der Waals surface area contributed by atoms with Gasteiger partial charge in [-0.3, -0.25) is 4.79 Å². The number of rotatable bonds is 4. The highest BCUT2D eigenvalue weighted by Gasteiger charge is 2.13. The van der Waals surface area contributed by atoms with Crippen LogP contribution in [-0.4, -0.2) is 12.6 Å². The van der Waals surface area contributed by atoms with E-state index >= 15 is 0 Å². The summed E-state index contributed by atoms with van der Waals surface area (Å²) in [7, 11) is 0. The van der Waals surface area contributed by atoms with Crippen LogP contribution in [0.3, 0.4) is 0 Å². The molecule has 4 heteroatoms. The third-order valence-electron chi connectivity index (χ3n) is 2.49. The van der Waals surface area contributed by atoms with Crippen LogP contribution in [0.4, 0.5) is 0 Å². The Labute approximate surface area is 107 Å². The molecule has 0 unspecified atom stereocenters. The summed E-state index contributed by atoms with van der Waals surface area (Å²) in [6, 6.07) is 5.71. The highest BCUT2D eigenvalue weighted by molar-refractivity contribution is 7.80. The second-order valence-corrected chi connectivity index (χ2v) is 4.03. The SMILES string of the molecule is CCOC(=O)Cc1ccc(S)c(C#N)c1CC. The summed E-state index contributed by atoms with van der Waals surface area (Å²) in [4.78, 5) is 12.1. The predicted octanol–water partition coefficient (Wildman–Crippen LogP) is 2.51. The van der Waals surface area contributed by atoms with E-state index in [1.165, 1.54) is 0 Å². The van der Waals surface area contributed by atoms with Crippen molar-refractivity contribution in [2.45, 2.75) is 31.6 Å². The molecule has 90 valence electrons. The molecule has 1 aromatic rings. The van der Waals surface area contributed by atoms with E-state index in [1.54, 1.807) is 13.0 Å². The molecule has 0 saturated heterocycles. The monoisotopic (exact) mass is 249 g/mol. The molecule has 0 radical (unpaired) electrons. The zero-order chi connectivity index (χ0) is 12.8. The first-order valence-corrected chi connectivity index (χ1v) is 5.98. The average molecular weight is 249 g/mol. The van der Waals surface area contributed by atoms with Crippen LogP contribution >= 0.6 is 12.6 Å². The molecule has 0 aliphatic heterocycles. The van der Waals surface area contributed by atoms with Crippen LogP contribution in [-0.2, 0) is 22.4 Å². The topological polar surface area (TPSA) is 50.1 Å². The minimum absolute atomic E-state index is 0.208. The quantitative estimate of drug-likeness (QED) is 0.659. The van der Waals surface area contributed by atoms with Gasteiger partial charge in [0.15, 0.2) is 0 Å². The summed E-state index contributed by atoms with van der Waals surface area (Å²) in [5.74, 6) is -0.266. The average Bonchev–Trinajstić information content (AvgIpc) is 2.31. The molecular formula is C13H15NO2S. The lowest BCUT2D eigenvalue weighted by molar-refractivity contribution is -0.142. The van der Waals surface area contributed by atoms with Gasteiger partial charge in [0.25, 0.3) is 0 Å². The second-order valence-electron chi connectivity index (χ2n) is 3.54. The Bertz CT molecular complexity index is 463. The predicted molar refractivity (Wildman–Crippen MR) is 68.1 cm³/mol. The van der Waals surface area contributed by atoms with Crippen molar-refractivity contribution in [2.75, 3.05) is 6.61 Å². The maximum atomic E-state index is 11.4. The normalized spacial score (nSPS) is 9.76. The summed E-state index contributed by atoms with van der Waals surface area (Å²) in [5, 5.41) is 9.08. The van der Waals surface area contributed by atoms with Crippen LogP contribution in [0.15, 0.2) is 17.0 Å². The van der Waals surface area contributed by atoms with Gasteiger partial charge in [-0.15, -0.1) is 12.6 Å². The molecule has 0 aliphatic rings. The number of carbonyl (C=O) groups is 1. The van der Waals surface area contributed by atoms with Crippen molar-refractivity contribution in [1.29, 1.82) is 5.26 Å². The summed E-state index contributed by atoms with van der Waals surface area (Å²) in [5.41, 5.74) is 2.28. The minimum atomic E-state index is -0.266. The summed E-state index contributed by atoms with van der Waals surface area (Å²) in [6.07, 6.45) is 0.909. The molecule has 17 heavy (non-hydrogen) atoms. The third-order valence-corrected chi connectivity index (χ3v) is 2.87. The molecular weight excluding hydrogens is 234 g/mol. The van der Waals surface area contributed by atoms with Crippen molar-refractivity contribution in [3.05, 3.63) is 28.8 Å². The molecule has 0 N–H and O–H groups in total. The maximum absolute atomic E-state index is 11.4. The number of benzene rings is 1. The van der Waals surface area contributed by atoms with Crippen LogP contribution < -0.4 is 0 Å². The molecule has 0 fully saturated rings. The van der Waals surface area contributed by atoms with Crippen molar-refractivity contribution in [3.63, 3.8) is 0 Å². The smallest absolute Gasteiger partial charge is 0.310 e. The molecule has 0 heterocycles. The van der Waals surface area contributed by atoms with Gasteiger partial charge in [-0.2, -0.15) is 5.26 Å². The highest BCUT2D eigenvalue weighted by Crippen LogP contribution is 2.22. The first kappa shape index (κ1) is 13.6. The fraction of sp³-hybridized carbons (Fsp3) is 0.385. The fourth-order valence-electron chi connectivity index (χ4n) is 1.74. The Morgan fingerprint density at radius 3 is 2.71 bits per heavy atom. The number of hydrogen-bond acceptors (Lipinski definition) is 4. The van der Waals surface area contributed by atoms with E-state index in [2.05, 4.69) is 18.7 Å². The molecule has 0 spiro atoms. The van der Waals surface area contributed by atoms with Gasteiger partial charge in [0.1, 0.15) is 6.07 Å². The van der Waals surface area contributed by atoms with Crippen molar-refractivity contribution >= 4 is 18.6 Å². The van der Waals surface area contributed by atoms with Crippen LogP contribution in [0.1, 0.15) is 30.5 Å². The molecule has 3 nitrogen and oxygen atoms in total. The van der Waals surface area contributed by atoms with E-state index in [9.17, 15) is 4.79 Å². The van der Waals surface area contributed by atoms with E-state index in [4.69, 9.17) is 10.00 Å². The zero-order valence-corrected chi connectivity index (χ0v) is 10.9.